The largest absolute Gasteiger partial charge is 0.397 e. The highest BCUT2D eigenvalue weighted by molar-refractivity contribution is 9.10. The fourth-order valence-corrected chi connectivity index (χ4v) is 2.20. The zero-order chi connectivity index (χ0) is 13.3. The van der Waals surface area contributed by atoms with Gasteiger partial charge in [0.15, 0.2) is 0 Å². The van der Waals surface area contributed by atoms with E-state index in [1.54, 1.807) is 6.07 Å². The molecule has 0 aliphatic rings. The molecule has 0 aliphatic heterocycles. The Morgan fingerprint density at radius 3 is 2.33 bits per heavy atom. The minimum absolute atomic E-state index is 0.270. The maximum Gasteiger partial charge on any atom is 0.139 e. The van der Waals surface area contributed by atoms with Crippen molar-refractivity contribution in [3.63, 3.8) is 0 Å². The molecule has 0 unspecified atom stereocenters. The molecule has 0 aromatic heterocycles. The molecule has 0 aliphatic carbocycles. The van der Waals surface area contributed by atoms with E-state index in [4.69, 9.17) is 5.73 Å². The van der Waals surface area contributed by atoms with Crippen LogP contribution in [0, 0.1) is 11.6 Å². The van der Waals surface area contributed by atoms with E-state index in [0.717, 1.165) is 0 Å². The molecule has 0 spiro atoms. The average Bonchev–Trinajstić information content (AvgIpc) is 2.29. The number of nitrogens with two attached hydrogens (primary N) is 1. The second-order valence-electron chi connectivity index (χ2n) is 3.60. The van der Waals surface area contributed by atoms with Crippen molar-refractivity contribution in [1.29, 1.82) is 0 Å². The van der Waals surface area contributed by atoms with Gasteiger partial charge in [-0.05, 0) is 56.1 Å². The first-order valence-electron chi connectivity index (χ1n) is 4.94. The van der Waals surface area contributed by atoms with Gasteiger partial charge in [0.05, 0.1) is 21.5 Å². The van der Waals surface area contributed by atoms with Gasteiger partial charge in [-0.1, -0.05) is 0 Å². The topological polar surface area (TPSA) is 38.0 Å². The van der Waals surface area contributed by atoms with E-state index in [0.29, 0.717) is 20.3 Å². The third-order valence-corrected chi connectivity index (χ3v) is 3.56. The Labute approximate surface area is 119 Å². The molecule has 0 amide bonds. The lowest BCUT2D eigenvalue weighted by Crippen LogP contribution is -1.98. The van der Waals surface area contributed by atoms with Gasteiger partial charge in [0, 0.05) is 10.5 Å². The minimum atomic E-state index is -0.434. The molecular formula is C12H8Br2F2N2. The molecule has 0 radical (unpaired) electrons. The number of hydrogen-bond donors (Lipinski definition) is 2. The first-order chi connectivity index (χ1) is 8.47. The van der Waals surface area contributed by atoms with Crippen molar-refractivity contribution in [3.05, 3.63) is 50.9 Å². The fourth-order valence-electron chi connectivity index (χ4n) is 1.41. The van der Waals surface area contributed by atoms with Crippen molar-refractivity contribution in [2.24, 2.45) is 0 Å². The molecule has 0 heterocycles. The molecule has 0 atom stereocenters. The van der Waals surface area contributed by atoms with Gasteiger partial charge >= 0.3 is 0 Å². The number of rotatable bonds is 2. The summed E-state index contributed by atoms with van der Waals surface area (Å²) in [5.41, 5.74) is 7.15. The Hall–Kier alpha value is -1.14. The zero-order valence-electron chi connectivity index (χ0n) is 8.98. The normalized spacial score (nSPS) is 10.4. The van der Waals surface area contributed by atoms with Crippen LogP contribution >= 0.6 is 31.9 Å². The van der Waals surface area contributed by atoms with Crippen molar-refractivity contribution in [2.45, 2.75) is 0 Å². The molecule has 0 saturated carbocycles. The molecule has 0 saturated heterocycles. The Morgan fingerprint density at radius 1 is 0.944 bits per heavy atom. The number of halogens is 4. The van der Waals surface area contributed by atoms with Crippen LogP contribution in [0.5, 0.6) is 0 Å². The highest BCUT2D eigenvalue weighted by Gasteiger charge is 2.08. The van der Waals surface area contributed by atoms with E-state index in [1.807, 2.05) is 0 Å². The summed E-state index contributed by atoms with van der Waals surface area (Å²) in [7, 11) is 0. The molecule has 6 heteroatoms. The predicted molar refractivity (Wildman–Crippen MR) is 75.9 cm³/mol. The van der Waals surface area contributed by atoms with Gasteiger partial charge in [0.2, 0.25) is 0 Å². The Kier molecular flexibility index (Phi) is 3.87. The Balaban J connectivity index is 2.37. The smallest absolute Gasteiger partial charge is 0.139 e. The number of nitrogen functional groups attached to an aromatic ring is 1. The average molecular weight is 378 g/mol. The molecule has 0 fully saturated rings. The van der Waals surface area contributed by atoms with E-state index < -0.39 is 5.82 Å². The van der Waals surface area contributed by atoms with Gasteiger partial charge in [0.1, 0.15) is 11.6 Å². The van der Waals surface area contributed by atoms with Crippen LogP contribution in [0.25, 0.3) is 0 Å². The standard InChI is InChI=1S/C12H8Br2F2N2/c13-7-4-12(10(17)5-9(7)16)18-11-2-1-6(15)3-8(11)14/h1-5,18H,17H2. The molecule has 18 heavy (non-hydrogen) atoms. The third kappa shape index (κ3) is 2.81. The van der Waals surface area contributed by atoms with Crippen LogP contribution in [0.2, 0.25) is 0 Å². The van der Waals surface area contributed by atoms with E-state index in [-0.39, 0.29) is 11.5 Å². The van der Waals surface area contributed by atoms with E-state index >= 15 is 0 Å². The maximum atomic E-state index is 13.2. The summed E-state index contributed by atoms with van der Waals surface area (Å²) in [6, 6.07) is 6.96. The molecule has 2 nitrogen and oxygen atoms in total. The van der Waals surface area contributed by atoms with E-state index in [1.165, 1.54) is 24.3 Å². The number of hydrogen-bond acceptors (Lipinski definition) is 2. The number of anilines is 3. The van der Waals surface area contributed by atoms with Gasteiger partial charge in [0.25, 0.3) is 0 Å². The van der Waals surface area contributed by atoms with E-state index in [2.05, 4.69) is 37.2 Å². The lowest BCUT2D eigenvalue weighted by molar-refractivity contribution is 0.622. The van der Waals surface area contributed by atoms with Crippen LogP contribution in [0.1, 0.15) is 0 Å². The summed E-state index contributed by atoms with van der Waals surface area (Å²) in [5, 5.41) is 3.00. The van der Waals surface area contributed by atoms with Crippen molar-refractivity contribution in [2.75, 3.05) is 11.1 Å². The lowest BCUT2D eigenvalue weighted by atomic mass is 10.2. The molecule has 2 aromatic carbocycles. The van der Waals surface area contributed by atoms with Gasteiger partial charge in [-0.15, -0.1) is 0 Å². The fraction of sp³-hybridized carbons (Fsp3) is 0. The number of nitrogens with one attached hydrogen (secondary N) is 1. The SMILES string of the molecule is Nc1cc(F)c(Br)cc1Nc1ccc(F)cc1Br. The van der Waals surface area contributed by atoms with Gasteiger partial charge < -0.3 is 11.1 Å². The minimum Gasteiger partial charge on any atom is -0.397 e. The van der Waals surface area contributed by atoms with E-state index in [9.17, 15) is 8.78 Å². The molecule has 2 rings (SSSR count). The van der Waals surface area contributed by atoms with Crippen LogP contribution in [0.15, 0.2) is 39.3 Å². The Bertz CT molecular complexity index is 603. The van der Waals surface area contributed by atoms with Crippen molar-refractivity contribution >= 4 is 48.9 Å². The Morgan fingerprint density at radius 2 is 1.67 bits per heavy atom. The quantitative estimate of drug-likeness (QED) is 0.736. The maximum absolute atomic E-state index is 13.2. The van der Waals surface area contributed by atoms with Gasteiger partial charge in [-0.3, -0.25) is 0 Å². The second-order valence-corrected chi connectivity index (χ2v) is 5.31. The van der Waals surface area contributed by atoms with Gasteiger partial charge in [-0.25, -0.2) is 8.78 Å². The highest BCUT2D eigenvalue weighted by Crippen LogP contribution is 2.32. The van der Waals surface area contributed by atoms with Crippen LogP contribution in [-0.4, -0.2) is 0 Å². The molecule has 3 N–H and O–H groups in total. The molecule has 2 aromatic rings. The van der Waals surface area contributed by atoms with Crippen molar-refractivity contribution in [3.8, 4) is 0 Å². The van der Waals surface area contributed by atoms with Crippen LogP contribution in [0.4, 0.5) is 25.8 Å². The first kappa shape index (κ1) is 13.3. The van der Waals surface area contributed by atoms with Gasteiger partial charge in [-0.2, -0.15) is 0 Å². The second kappa shape index (κ2) is 5.24. The summed E-state index contributed by atoms with van der Waals surface area (Å²) >= 11 is 6.31. The monoisotopic (exact) mass is 376 g/mol. The van der Waals surface area contributed by atoms with Crippen LogP contribution < -0.4 is 11.1 Å². The van der Waals surface area contributed by atoms with Crippen LogP contribution in [-0.2, 0) is 0 Å². The first-order valence-corrected chi connectivity index (χ1v) is 6.52. The lowest BCUT2D eigenvalue weighted by Gasteiger charge is -2.12. The summed E-state index contributed by atoms with van der Waals surface area (Å²) in [6.45, 7) is 0. The van der Waals surface area contributed by atoms with Crippen molar-refractivity contribution in [1.82, 2.24) is 0 Å². The molecular weight excluding hydrogens is 370 g/mol. The summed E-state index contributed by atoms with van der Waals surface area (Å²) in [4.78, 5) is 0. The highest BCUT2D eigenvalue weighted by atomic mass is 79.9. The predicted octanol–water partition coefficient (Wildman–Crippen LogP) is 4.82. The summed E-state index contributed by atoms with van der Waals surface area (Å²) in [5.74, 6) is -0.781. The summed E-state index contributed by atoms with van der Waals surface area (Å²) in [6.07, 6.45) is 0. The number of benzene rings is 2. The third-order valence-electron chi connectivity index (χ3n) is 2.29. The molecule has 94 valence electrons. The van der Waals surface area contributed by atoms with Crippen molar-refractivity contribution < 1.29 is 8.78 Å². The summed E-state index contributed by atoms with van der Waals surface area (Å²) < 4.78 is 27.0. The van der Waals surface area contributed by atoms with Crippen LogP contribution in [0.3, 0.4) is 0 Å². The zero-order valence-corrected chi connectivity index (χ0v) is 12.1. The molecule has 0 bridgehead atoms.